The minimum Gasteiger partial charge on any atom is -0.377 e. The van der Waals surface area contributed by atoms with Gasteiger partial charge >= 0.3 is 0 Å². The van der Waals surface area contributed by atoms with E-state index in [0.29, 0.717) is 12.0 Å². The summed E-state index contributed by atoms with van der Waals surface area (Å²) in [4.78, 5) is 0. The third-order valence-corrected chi connectivity index (χ3v) is 4.78. The second-order valence-corrected chi connectivity index (χ2v) is 6.19. The molecular weight excluding hydrogens is 258 g/mol. The van der Waals surface area contributed by atoms with Crippen molar-refractivity contribution in [3.63, 3.8) is 0 Å². The highest BCUT2D eigenvalue weighted by molar-refractivity contribution is 5.25. The molecule has 1 N–H and O–H groups in total. The molecule has 2 nitrogen and oxygen atoms in total. The number of rotatable bonds is 9. The predicted octanol–water partition coefficient (Wildman–Crippen LogP) is 4.54. The van der Waals surface area contributed by atoms with Crippen molar-refractivity contribution in [1.29, 1.82) is 0 Å². The van der Waals surface area contributed by atoms with Gasteiger partial charge in [-0.15, -0.1) is 0 Å². The average Bonchev–Trinajstić information content (AvgIpc) is 2.50. The van der Waals surface area contributed by atoms with Crippen LogP contribution < -0.4 is 5.32 Å². The molecule has 1 rings (SSSR count). The maximum Gasteiger partial charge on any atom is 0.0828 e. The third kappa shape index (κ3) is 4.55. The van der Waals surface area contributed by atoms with Crippen molar-refractivity contribution in [3.8, 4) is 0 Å². The van der Waals surface area contributed by atoms with E-state index < -0.39 is 0 Å². The standard InChI is InChI=1S/C19H33NO/c1-7-19(8-2,21-6)18(20-9-3)14-16-10-12-17(13-11-16)15(4)5/h10-13,15,18,20H,7-9,14H2,1-6H3. The van der Waals surface area contributed by atoms with Gasteiger partial charge in [-0.05, 0) is 42.9 Å². The Morgan fingerprint density at radius 1 is 1.05 bits per heavy atom. The van der Waals surface area contributed by atoms with Crippen LogP contribution in [0.15, 0.2) is 24.3 Å². The van der Waals surface area contributed by atoms with Gasteiger partial charge in [0.15, 0.2) is 0 Å². The smallest absolute Gasteiger partial charge is 0.0828 e. The van der Waals surface area contributed by atoms with Crippen molar-refractivity contribution in [1.82, 2.24) is 5.32 Å². The molecule has 0 radical (unpaired) electrons. The number of methoxy groups -OCH3 is 1. The van der Waals surface area contributed by atoms with E-state index in [4.69, 9.17) is 4.74 Å². The van der Waals surface area contributed by atoms with Gasteiger partial charge in [0.25, 0.3) is 0 Å². The number of benzene rings is 1. The van der Waals surface area contributed by atoms with Crippen LogP contribution in [0.5, 0.6) is 0 Å². The molecule has 1 aromatic rings. The molecule has 0 aromatic heterocycles. The van der Waals surface area contributed by atoms with Crippen molar-refractivity contribution in [3.05, 3.63) is 35.4 Å². The second kappa shape index (κ2) is 8.55. The van der Waals surface area contributed by atoms with Gasteiger partial charge < -0.3 is 10.1 Å². The molecule has 1 atom stereocenters. The number of likely N-dealkylation sites (N-methyl/N-ethyl adjacent to an activating group) is 1. The van der Waals surface area contributed by atoms with Gasteiger partial charge in [0.1, 0.15) is 0 Å². The monoisotopic (exact) mass is 291 g/mol. The van der Waals surface area contributed by atoms with E-state index in [2.05, 4.69) is 64.2 Å². The molecule has 0 bridgehead atoms. The van der Waals surface area contributed by atoms with Crippen LogP contribution >= 0.6 is 0 Å². The maximum atomic E-state index is 5.92. The zero-order valence-electron chi connectivity index (χ0n) is 14.7. The van der Waals surface area contributed by atoms with Gasteiger partial charge in [-0.3, -0.25) is 0 Å². The van der Waals surface area contributed by atoms with Crippen molar-refractivity contribution in [2.24, 2.45) is 0 Å². The molecule has 0 aliphatic heterocycles. The molecule has 21 heavy (non-hydrogen) atoms. The van der Waals surface area contributed by atoms with Crippen LogP contribution in [0.1, 0.15) is 64.5 Å². The van der Waals surface area contributed by atoms with Crippen LogP contribution in [0.25, 0.3) is 0 Å². The van der Waals surface area contributed by atoms with Crippen LogP contribution in [0, 0.1) is 0 Å². The topological polar surface area (TPSA) is 21.3 Å². The minimum absolute atomic E-state index is 0.0767. The normalized spacial score (nSPS) is 13.7. The number of hydrogen-bond acceptors (Lipinski definition) is 2. The number of nitrogens with one attached hydrogen (secondary N) is 1. The van der Waals surface area contributed by atoms with E-state index in [1.54, 1.807) is 0 Å². The lowest BCUT2D eigenvalue weighted by Gasteiger charge is -2.39. The Kier molecular flexibility index (Phi) is 7.41. The molecule has 120 valence electrons. The zero-order valence-corrected chi connectivity index (χ0v) is 14.7. The summed E-state index contributed by atoms with van der Waals surface area (Å²) in [5, 5.41) is 3.64. The average molecular weight is 291 g/mol. The minimum atomic E-state index is -0.0767. The number of ether oxygens (including phenoxy) is 1. The van der Waals surface area contributed by atoms with Gasteiger partial charge in [0.2, 0.25) is 0 Å². The summed E-state index contributed by atoms with van der Waals surface area (Å²) in [5.41, 5.74) is 2.71. The van der Waals surface area contributed by atoms with Crippen molar-refractivity contribution in [2.75, 3.05) is 13.7 Å². The molecule has 0 amide bonds. The summed E-state index contributed by atoms with van der Waals surface area (Å²) in [6.45, 7) is 12.1. The van der Waals surface area contributed by atoms with Gasteiger partial charge in [0, 0.05) is 13.2 Å². The first kappa shape index (κ1) is 18.2. The summed E-state index contributed by atoms with van der Waals surface area (Å²) in [5.74, 6) is 0.591. The van der Waals surface area contributed by atoms with E-state index >= 15 is 0 Å². The molecule has 0 saturated carbocycles. The predicted molar refractivity (Wildman–Crippen MR) is 92.0 cm³/mol. The Labute approximate surface area is 131 Å². The van der Waals surface area contributed by atoms with Crippen LogP contribution in [-0.4, -0.2) is 25.3 Å². The van der Waals surface area contributed by atoms with Gasteiger partial charge in [-0.2, -0.15) is 0 Å². The maximum absolute atomic E-state index is 5.92. The lowest BCUT2D eigenvalue weighted by molar-refractivity contribution is -0.0468. The van der Waals surface area contributed by atoms with Gasteiger partial charge in [-0.25, -0.2) is 0 Å². The summed E-state index contributed by atoms with van der Waals surface area (Å²) in [6, 6.07) is 9.41. The largest absolute Gasteiger partial charge is 0.377 e. The lowest BCUT2D eigenvalue weighted by Crippen LogP contribution is -2.52. The molecule has 1 aromatic carbocycles. The molecule has 0 aliphatic rings. The van der Waals surface area contributed by atoms with Crippen LogP contribution in [-0.2, 0) is 11.2 Å². The van der Waals surface area contributed by atoms with E-state index in [9.17, 15) is 0 Å². The van der Waals surface area contributed by atoms with Crippen molar-refractivity contribution in [2.45, 2.75) is 71.4 Å². The molecular formula is C19H33NO. The summed E-state index contributed by atoms with van der Waals surface area (Å²) in [6.07, 6.45) is 3.07. The summed E-state index contributed by atoms with van der Waals surface area (Å²) < 4.78 is 5.92. The first-order chi connectivity index (χ1) is 10.0. The van der Waals surface area contributed by atoms with Gasteiger partial charge in [-0.1, -0.05) is 58.9 Å². The lowest BCUT2D eigenvalue weighted by atomic mass is 9.84. The van der Waals surface area contributed by atoms with Crippen molar-refractivity contribution < 1.29 is 4.74 Å². The Bertz CT molecular complexity index is 384. The Morgan fingerprint density at radius 2 is 1.62 bits per heavy atom. The first-order valence-electron chi connectivity index (χ1n) is 8.40. The highest BCUT2D eigenvalue weighted by Crippen LogP contribution is 2.27. The molecule has 0 spiro atoms. The van der Waals surface area contributed by atoms with E-state index in [1.165, 1.54) is 11.1 Å². The van der Waals surface area contributed by atoms with E-state index in [1.807, 2.05) is 7.11 Å². The molecule has 2 heteroatoms. The Hall–Kier alpha value is -0.860. The van der Waals surface area contributed by atoms with Crippen LogP contribution in [0.3, 0.4) is 0 Å². The van der Waals surface area contributed by atoms with Crippen LogP contribution in [0.2, 0.25) is 0 Å². The van der Waals surface area contributed by atoms with E-state index in [-0.39, 0.29) is 5.60 Å². The highest BCUT2D eigenvalue weighted by atomic mass is 16.5. The molecule has 0 fully saturated rings. The van der Waals surface area contributed by atoms with E-state index in [0.717, 1.165) is 25.8 Å². The van der Waals surface area contributed by atoms with Gasteiger partial charge in [0.05, 0.1) is 5.60 Å². The van der Waals surface area contributed by atoms with Crippen molar-refractivity contribution >= 4 is 0 Å². The Balaban J connectivity index is 2.91. The molecule has 1 unspecified atom stereocenters. The molecule has 0 heterocycles. The highest BCUT2D eigenvalue weighted by Gasteiger charge is 2.35. The third-order valence-electron chi connectivity index (χ3n) is 4.78. The second-order valence-electron chi connectivity index (χ2n) is 6.19. The summed E-state index contributed by atoms with van der Waals surface area (Å²) in [7, 11) is 1.85. The number of hydrogen-bond donors (Lipinski definition) is 1. The van der Waals surface area contributed by atoms with Crippen LogP contribution in [0.4, 0.5) is 0 Å². The molecule has 0 saturated heterocycles. The molecule has 0 aliphatic carbocycles. The Morgan fingerprint density at radius 3 is 2.00 bits per heavy atom. The first-order valence-corrected chi connectivity index (χ1v) is 8.40. The fourth-order valence-electron chi connectivity index (χ4n) is 3.14. The quantitative estimate of drug-likeness (QED) is 0.721. The zero-order chi connectivity index (χ0) is 15.9. The fraction of sp³-hybridized carbons (Fsp3) is 0.684. The fourth-order valence-corrected chi connectivity index (χ4v) is 3.14. The summed E-state index contributed by atoms with van der Waals surface area (Å²) >= 11 is 0. The SMILES string of the molecule is CCNC(Cc1ccc(C(C)C)cc1)C(CC)(CC)OC.